The highest BCUT2D eigenvalue weighted by molar-refractivity contribution is 5.92. The smallest absolute Gasteiger partial charge is 0.271 e. The third-order valence-corrected chi connectivity index (χ3v) is 3.59. The van der Waals surface area contributed by atoms with Crippen LogP contribution in [0.15, 0.2) is 12.3 Å². The van der Waals surface area contributed by atoms with E-state index in [4.69, 9.17) is 5.73 Å². The average Bonchev–Trinajstić information content (AvgIpc) is 2.94. The van der Waals surface area contributed by atoms with Gasteiger partial charge in [0.25, 0.3) is 5.91 Å². The SMILES string of the molecule is Cn1ccc(C(=O)NCC2CCCC2CN)n1. The van der Waals surface area contributed by atoms with Gasteiger partial charge in [-0.25, -0.2) is 0 Å². The monoisotopic (exact) mass is 236 g/mol. The quantitative estimate of drug-likeness (QED) is 0.800. The average molecular weight is 236 g/mol. The molecule has 0 aliphatic heterocycles. The van der Waals surface area contributed by atoms with Crippen molar-refractivity contribution in [3.63, 3.8) is 0 Å². The van der Waals surface area contributed by atoms with Crippen LogP contribution in [0, 0.1) is 11.8 Å². The maximum atomic E-state index is 11.8. The first-order chi connectivity index (χ1) is 8.20. The van der Waals surface area contributed by atoms with Crippen molar-refractivity contribution in [1.29, 1.82) is 0 Å². The summed E-state index contributed by atoms with van der Waals surface area (Å²) in [4.78, 5) is 11.8. The fourth-order valence-corrected chi connectivity index (χ4v) is 2.54. The molecule has 0 spiro atoms. The molecule has 2 rings (SSSR count). The van der Waals surface area contributed by atoms with Crippen LogP contribution < -0.4 is 11.1 Å². The molecule has 1 aliphatic rings. The summed E-state index contributed by atoms with van der Waals surface area (Å²) in [6.45, 7) is 1.45. The molecule has 5 nitrogen and oxygen atoms in total. The molecule has 2 unspecified atom stereocenters. The van der Waals surface area contributed by atoms with E-state index in [1.807, 2.05) is 0 Å². The largest absolute Gasteiger partial charge is 0.350 e. The third kappa shape index (κ3) is 2.85. The summed E-state index contributed by atoms with van der Waals surface area (Å²) in [5.41, 5.74) is 6.20. The fourth-order valence-electron chi connectivity index (χ4n) is 2.54. The molecule has 0 aromatic carbocycles. The molecule has 1 aromatic heterocycles. The molecule has 94 valence electrons. The number of hydrogen-bond acceptors (Lipinski definition) is 3. The van der Waals surface area contributed by atoms with Crippen LogP contribution in [-0.2, 0) is 7.05 Å². The van der Waals surface area contributed by atoms with E-state index < -0.39 is 0 Å². The molecule has 17 heavy (non-hydrogen) atoms. The number of aromatic nitrogens is 2. The maximum absolute atomic E-state index is 11.8. The van der Waals surface area contributed by atoms with Gasteiger partial charge in [-0.2, -0.15) is 5.10 Å². The van der Waals surface area contributed by atoms with E-state index in [1.54, 1.807) is 24.0 Å². The van der Waals surface area contributed by atoms with E-state index in [0.717, 1.165) is 13.1 Å². The van der Waals surface area contributed by atoms with Crippen LogP contribution in [0.1, 0.15) is 29.8 Å². The van der Waals surface area contributed by atoms with Gasteiger partial charge in [0, 0.05) is 19.8 Å². The highest BCUT2D eigenvalue weighted by atomic mass is 16.1. The molecule has 3 N–H and O–H groups in total. The molecule has 1 aromatic rings. The van der Waals surface area contributed by atoms with Crippen molar-refractivity contribution in [2.75, 3.05) is 13.1 Å². The van der Waals surface area contributed by atoms with Crippen LogP contribution in [0.5, 0.6) is 0 Å². The molecule has 0 radical (unpaired) electrons. The van der Waals surface area contributed by atoms with Gasteiger partial charge in [-0.1, -0.05) is 6.42 Å². The van der Waals surface area contributed by atoms with E-state index in [1.165, 1.54) is 19.3 Å². The van der Waals surface area contributed by atoms with E-state index >= 15 is 0 Å². The number of aryl methyl sites for hydroxylation is 1. The van der Waals surface area contributed by atoms with E-state index in [2.05, 4.69) is 10.4 Å². The second kappa shape index (κ2) is 5.31. The van der Waals surface area contributed by atoms with Gasteiger partial charge in [0.05, 0.1) is 0 Å². The minimum absolute atomic E-state index is 0.0896. The van der Waals surface area contributed by atoms with Crippen molar-refractivity contribution in [2.45, 2.75) is 19.3 Å². The molecule has 0 bridgehead atoms. The summed E-state index contributed by atoms with van der Waals surface area (Å²) in [5.74, 6) is 1.01. The van der Waals surface area contributed by atoms with Crippen molar-refractivity contribution < 1.29 is 4.79 Å². The van der Waals surface area contributed by atoms with Gasteiger partial charge in [0.2, 0.25) is 0 Å². The Balaban J connectivity index is 1.84. The Morgan fingerprint density at radius 1 is 1.59 bits per heavy atom. The summed E-state index contributed by atoms with van der Waals surface area (Å²) in [5, 5.41) is 7.02. The normalized spacial score (nSPS) is 23.9. The molecule has 0 saturated heterocycles. The highest BCUT2D eigenvalue weighted by Gasteiger charge is 2.26. The lowest BCUT2D eigenvalue weighted by Gasteiger charge is -2.17. The topological polar surface area (TPSA) is 72.9 Å². The second-order valence-electron chi connectivity index (χ2n) is 4.77. The first kappa shape index (κ1) is 12.1. The summed E-state index contributed by atoms with van der Waals surface area (Å²) in [6, 6.07) is 1.73. The van der Waals surface area contributed by atoms with Gasteiger partial charge in [-0.3, -0.25) is 9.48 Å². The fraction of sp³-hybridized carbons (Fsp3) is 0.667. The zero-order chi connectivity index (χ0) is 12.3. The van der Waals surface area contributed by atoms with Crippen LogP contribution in [0.3, 0.4) is 0 Å². The van der Waals surface area contributed by atoms with E-state index in [-0.39, 0.29) is 5.91 Å². The van der Waals surface area contributed by atoms with Gasteiger partial charge < -0.3 is 11.1 Å². The van der Waals surface area contributed by atoms with Gasteiger partial charge in [-0.15, -0.1) is 0 Å². The van der Waals surface area contributed by atoms with Crippen molar-refractivity contribution in [3.05, 3.63) is 18.0 Å². The first-order valence-electron chi connectivity index (χ1n) is 6.18. The lowest BCUT2D eigenvalue weighted by Crippen LogP contribution is -2.33. The second-order valence-corrected chi connectivity index (χ2v) is 4.77. The Morgan fingerprint density at radius 3 is 3.00 bits per heavy atom. The van der Waals surface area contributed by atoms with Gasteiger partial charge in [0.1, 0.15) is 5.69 Å². The van der Waals surface area contributed by atoms with E-state index in [0.29, 0.717) is 17.5 Å². The Bertz CT molecular complexity index is 388. The summed E-state index contributed by atoms with van der Waals surface area (Å²) < 4.78 is 1.63. The molecule has 1 amide bonds. The van der Waals surface area contributed by atoms with Crippen LogP contribution >= 0.6 is 0 Å². The summed E-state index contributed by atoms with van der Waals surface area (Å²) in [7, 11) is 1.80. The van der Waals surface area contributed by atoms with Gasteiger partial charge in [0.15, 0.2) is 0 Å². The molecule has 2 atom stereocenters. The van der Waals surface area contributed by atoms with Crippen LogP contribution in [0.25, 0.3) is 0 Å². The molecule has 1 fully saturated rings. The third-order valence-electron chi connectivity index (χ3n) is 3.59. The number of nitrogens with two attached hydrogens (primary N) is 1. The number of carbonyl (C=O) groups is 1. The Labute approximate surface area is 101 Å². The predicted molar refractivity (Wildman–Crippen MR) is 65.4 cm³/mol. The van der Waals surface area contributed by atoms with Crippen molar-refractivity contribution >= 4 is 5.91 Å². The number of nitrogens with one attached hydrogen (secondary N) is 1. The van der Waals surface area contributed by atoms with Crippen molar-refractivity contribution in [3.8, 4) is 0 Å². The Hall–Kier alpha value is -1.36. The lowest BCUT2D eigenvalue weighted by atomic mass is 9.96. The number of amides is 1. The molecular formula is C12H20N4O. The van der Waals surface area contributed by atoms with Crippen LogP contribution in [-0.4, -0.2) is 28.8 Å². The number of carbonyl (C=O) groups excluding carboxylic acids is 1. The van der Waals surface area contributed by atoms with E-state index in [9.17, 15) is 4.79 Å². The lowest BCUT2D eigenvalue weighted by molar-refractivity contribution is 0.0938. The molecule has 5 heteroatoms. The van der Waals surface area contributed by atoms with Crippen molar-refractivity contribution in [2.24, 2.45) is 24.6 Å². The number of hydrogen-bond donors (Lipinski definition) is 2. The van der Waals surface area contributed by atoms with Crippen molar-refractivity contribution in [1.82, 2.24) is 15.1 Å². The molecular weight excluding hydrogens is 216 g/mol. The first-order valence-corrected chi connectivity index (χ1v) is 6.18. The van der Waals surface area contributed by atoms with Gasteiger partial charge in [-0.05, 0) is 37.3 Å². The maximum Gasteiger partial charge on any atom is 0.271 e. The standard InChI is InChI=1S/C12H20N4O/c1-16-6-5-11(15-16)12(17)14-8-10-4-2-3-9(10)7-13/h5-6,9-10H,2-4,7-8,13H2,1H3,(H,14,17). The zero-order valence-electron chi connectivity index (χ0n) is 10.2. The number of nitrogens with zero attached hydrogens (tertiary/aromatic N) is 2. The summed E-state index contributed by atoms with van der Waals surface area (Å²) >= 11 is 0. The number of rotatable bonds is 4. The summed E-state index contributed by atoms with van der Waals surface area (Å²) in [6.07, 6.45) is 5.37. The zero-order valence-corrected chi connectivity index (χ0v) is 10.2. The minimum Gasteiger partial charge on any atom is -0.350 e. The minimum atomic E-state index is -0.0896. The highest BCUT2D eigenvalue weighted by Crippen LogP contribution is 2.30. The van der Waals surface area contributed by atoms with Gasteiger partial charge >= 0.3 is 0 Å². The predicted octanol–water partition coefficient (Wildman–Crippen LogP) is 0.525. The molecule has 1 aliphatic carbocycles. The van der Waals surface area contributed by atoms with Crippen LogP contribution in [0.4, 0.5) is 0 Å². The molecule has 1 saturated carbocycles. The van der Waals surface area contributed by atoms with Crippen LogP contribution in [0.2, 0.25) is 0 Å². The molecule has 1 heterocycles. The Kier molecular flexibility index (Phi) is 3.78. The Morgan fingerprint density at radius 2 is 2.35 bits per heavy atom.